The van der Waals surface area contributed by atoms with Crippen molar-refractivity contribution in [3.05, 3.63) is 66.4 Å². The number of hydrogen-bond donors (Lipinski definition) is 2. The fourth-order valence-electron chi connectivity index (χ4n) is 2.64. The van der Waals surface area contributed by atoms with Gasteiger partial charge in [0.25, 0.3) is 0 Å². The van der Waals surface area contributed by atoms with Gasteiger partial charge in [0.05, 0.1) is 6.20 Å². The molecule has 0 spiro atoms. The highest BCUT2D eigenvalue weighted by atomic mass is 16.3. The summed E-state index contributed by atoms with van der Waals surface area (Å²) in [4.78, 5) is 0. The Labute approximate surface area is 129 Å². The van der Waals surface area contributed by atoms with E-state index >= 15 is 0 Å². The third-order valence-corrected chi connectivity index (χ3v) is 3.61. The maximum absolute atomic E-state index is 10.6. The van der Waals surface area contributed by atoms with Crippen LogP contribution in [0.15, 0.2) is 55.3 Å². The van der Waals surface area contributed by atoms with Crippen LogP contribution in [0.3, 0.4) is 0 Å². The summed E-state index contributed by atoms with van der Waals surface area (Å²) in [6, 6.07) is 11.8. The van der Waals surface area contributed by atoms with Gasteiger partial charge in [-0.05, 0) is 36.1 Å². The van der Waals surface area contributed by atoms with Crippen molar-refractivity contribution in [1.82, 2.24) is 15.4 Å². The Bertz CT molecular complexity index is 807. The molecule has 0 unspecified atom stereocenters. The molecule has 0 fully saturated rings. The van der Waals surface area contributed by atoms with Crippen molar-refractivity contribution in [1.29, 1.82) is 0 Å². The normalized spacial score (nSPS) is 10.6. The van der Waals surface area contributed by atoms with Gasteiger partial charge < -0.3 is 5.11 Å². The number of rotatable bonds is 4. The number of allylic oxidation sites excluding steroid dienone is 1. The van der Waals surface area contributed by atoms with Crippen LogP contribution < -0.4 is 0 Å². The molecule has 1 aromatic heterocycles. The number of aryl methyl sites for hydroxylation is 1. The summed E-state index contributed by atoms with van der Waals surface area (Å²) in [5.41, 5.74) is 5.39. The third kappa shape index (κ3) is 2.51. The van der Waals surface area contributed by atoms with Crippen LogP contribution in [0.4, 0.5) is 0 Å². The molecule has 4 heteroatoms. The van der Waals surface area contributed by atoms with E-state index in [2.05, 4.69) is 22.0 Å². The summed E-state index contributed by atoms with van der Waals surface area (Å²) in [6.45, 7) is 5.78. The molecule has 0 saturated carbocycles. The molecule has 0 radical (unpaired) electrons. The van der Waals surface area contributed by atoms with Crippen molar-refractivity contribution < 1.29 is 5.11 Å². The van der Waals surface area contributed by atoms with Gasteiger partial charge in [-0.1, -0.05) is 41.6 Å². The van der Waals surface area contributed by atoms with Crippen LogP contribution >= 0.6 is 0 Å². The lowest BCUT2D eigenvalue weighted by atomic mass is 9.93. The first-order valence-electron chi connectivity index (χ1n) is 7.10. The number of aromatic amines is 1. The van der Waals surface area contributed by atoms with Crippen molar-refractivity contribution in [3.8, 4) is 28.1 Å². The van der Waals surface area contributed by atoms with Crippen molar-refractivity contribution in [2.24, 2.45) is 0 Å². The van der Waals surface area contributed by atoms with Gasteiger partial charge in [-0.25, -0.2) is 0 Å². The van der Waals surface area contributed by atoms with Gasteiger partial charge in [-0.15, -0.1) is 11.7 Å². The zero-order valence-corrected chi connectivity index (χ0v) is 12.4. The Balaban J connectivity index is 2.23. The highest BCUT2D eigenvalue weighted by Crippen LogP contribution is 2.38. The molecule has 4 nitrogen and oxygen atoms in total. The minimum atomic E-state index is 0.293. The van der Waals surface area contributed by atoms with Gasteiger partial charge in [0.1, 0.15) is 11.4 Å². The number of nitrogens with zero attached hydrogens (tertiary/aromatic N) is 2. The lowest BCUT2D eigenvalue weighted by Gasteiger charge is -2.13. The van der Waals surface area contributed by atoms with Crippen LogP contribution in [-0.2, 0) is 6.42 Å². The van der Waals surface area contributed by atoms with Crippen molar-refractivity contribution in [2.75, 3.05) is 0 Å². The quantitative estimate of drug-likeness (QED) is 0.717. The Morgan fingerprint density at radius 2 is 1.95 bits per heavy atom. The maximum atomic E-state index is 10.6. The zero-order valence-electron chi connectivity index (χ0n) is 12.4. The minimum absolute atomic E-state index is 0.293. The Morgan fingerprint density at radius 3 is 2.64 bits per heavy atom. The van der Waals surface area contributed by atoms with E-state index in [0.717, 1.165) is 33.5 Å². The fourth-order valence-corrected chi connectivity index (χ4v) is 2.64. The Hall–Kier alpha value is -2.88. The number of aromatic nitrogens is 3. The topological polar surface area (TPSA) is 61.8 Å². The molecule has 2 aromatic carbocycles. The summed E-state index contributed by atoms with van der Waals surface area (Å²) in [5.74, 6) is 0.293. The van der Waals surface area contributed by atoms with E-state index in [0.29, 0.717) is 12.2 Å². The van der Waals surface area contributed by atoms with Crippen LogP contribution in [0, 0.1) is 6.92 Å². The van der Waals surface area contributed by atoms with E-state index in [1.807, 2.05) is 43.3 Å². The largest absolute Gasteiger partial charge is 0.507 e. The molecule has 3 rings (SSSR count). The monoisotopic (exact) mass is 291 g/mol. The number of hydrogen-bond acceptors (Lipinski definition) is 3. The van der Waals surface area contributed by atoms with Crippen molar-refractivity contribution >= 4 is 0 Å². The van der Waals surface area contributed by atoms with Crippen LogP contribution in [0.25, 0.3) is 22.4 Å². The summed E-state index contributed by atoms with van der Waals surface area (Å²) in [7, 11) is 0. The minimum Gasteiger partial charge on any atom is -0.507 e. The van der Waals surface area contributed by atoms with E-state index in [4.69, 9.17) is 0 Å². The summed E-state index contributed by atoms with van der Waals surface area (Å²) in [6.07, 6.45) is 4.17. The second-order valence-corrected chi connectivity index (χ2v) is 5.22. The van der Waals surface area contributed by atoms with E-state index in [1.165, 1.54) is 0 Å². The lowest BCUT2D eigenvalue weighted by Crippen LogP contribution is -1.91. The predicted molar refractivity (Wildman–Crippen MR) is 87.6 cm³/mol. The van der Waals surface area contributed by atoms with Crippen molar-refractivity contribution in [3.63, 3.8) is 0 Å². The highest BCUT2D eigenvalue weighted by Gasteiger charge is 2.15. The van der Waals surface area contributed by atoms with E-state index in [-0.39, 0.29) is 0 Å². The van der Waals surface area contributed by atoms with Gasteiger partial charge in [0.2, 0.25) is 0 Å². The first kappa shape index (κ1) is 14.1. The average molecular weight is 291 g/mol. The number of nitrogens with one attached hydrogen (secondary N) is 1. The molecular weight excluding hydrogens is 274 g/mol. The molecule has 1 heterocycles. The summed E-state index contributed by atoms with van der Waals surface area (Å²) >= 11 is 0. The molecule has 2 N–H and O–H groups in total. The van der Waals surface area contributed by atoms with Gasteiger partial charge >= 0.3 is 0 Å². The molecule has 0 saturated heterocycles. The lowest BCUT2D eigenvalue weighted by molar-refractivity contribution is 0.471. The number of phenolic OH excluding ortho intramolecular Hbond substituents is 1. The van der Waals surface area contributed by atoms with E-state index < -0.39 is 0 Å². The first-order valence-corrected chi connectivity index (χ1v) is 7.10. The van der Waals surface area contributed by atoms with E-state index in [1.54, 1.807) is 12.3 Å². The van der Waals surface area contributed by atoms with E-state index in [9.17, 15) is 5.11 Å². The SMILES string of the molecule is C=CCc1cc(C)cc(-c2ccccc2-c2c[nH]nn2)c1O. The summed E-state index contributed by atoms with van der Waals surface area (Å²) in [5, 5.41) is 21.2. The number of benzene rings is 2. The fraction of sp³-hybridized carbons (Fsp3) is 0.111. The predicted octanol–water partition coefficient (Wildman–Crippen LogP) is 3.88. The van der Waals surface area contributed by atoms with Crippen LogP contribution in [0.2, 0.25) is 0 Å². The van der Waals surface area contributed by atoms with Crippen LogP contribution in [0.1, 0.15) is 11.1 Å². The molecule has 3 aromatic rings. The third-order valence-electron chi connectivity index (χ3n) is 3.61. The molecule has 0 amide bonds. The molecule has 110 valence electrons. The number of H-pyrrole nitrogens is 1. The first-order chi connectivity index (χ1) is 10.7. The molecule has 0 aliphatic heterocycles. The second-order valence-electron chi connectivity index (χ2n) is 5.22. The smallest absolute Gasteiger partial charge is 0.126 e. The number of aromatic hydroxyl groups is 1. The Kier molecular flexibility index (Phi) is 3.74. The van der Waals surface area contributed by atoms with Crippen LogP contribution in [0.5, 0.6) is 5.75 Å². The maximum Gasteiger partial charge on any atom is 0.126 e. The van der Waals surface area contributed by atoms with Gasteiger partial charge in [0, 0.05) is 11.1 Å². The highest BCUT2D eigenvalue weighted by molar-refractivity contribution is 5.85. The Morgan fingerprint density at radius 1 is 1.18 bits per heavy atom. The second kappa shape index (κ2) is 5.85. The van der Waals surface area contributed by atoms with Gasteiger partial charge in [-0.3, -0.25) is 5.10 Å². The van der Waals surface area contributed by atoms with Crippen LogP contribution in [-0.4, -0.2) is 20.5 Å². The van der Waals surface area contributed by atoms with Crippen molar-refractivity contribution in [2.45, 2.75) is 13.3 Å². The molecule has 0 aliphatic rings. The zero-order chi connectivity index (χ0) is 15.5. The molecule has 0 bridgehead atoms. The molecular formula is C18H17N3O. The molecule has 0 aliphatic carbocycles. The average Bonchev–Trinajstić information content (AvgIpc) is 3.05. The standard InChI is InChI=1S/C18H17N3O/c1-3-6-13-9-12(2)10-16(18(13)22)14-7-4-5-8-15(14)17-11-19-21-20-17/h3-5,7-11,22H,1,6H2,2H3,(H,19,20,21). The molecule has 22 heavy (non-hydrogen) atoms. The molecule has 0 atom stereocenters. The summed E-state index contributed by atoms with van der Waals surface area (Å²) < 4.78 is 0. The van der Waals surface area contributed by atoms with Gasteiger partial charge in [-0.2, -0.15) is 0 Å². The van der Waals surface area contributed by atoms with Gasteiger partial charge in [0.15, 0.2) is 0 Å². The number of phenols is 1.